The Morgan fingerprint density at radius 3 is 3.00 bits per heavy atom. The fourth-order valence-electron chi connectivity index (χ4n) is 2.91. The van der Waals surface area contributed by atoms with E-state index in [9.17, 15) is 9.18 Å². The zero-order valence-electron chi connectivity index (χ0n) is 12.4. The van der Waals surface area contributed by atoms with Crippen LogP contribution in [0.3, 0.4) is 0 Å². The molecule has 1 saturated heterocycles. The highest BCUT2D eigenvalue weighted by Gasteiger charge is 2.21. The number of piperidine rings is 1. The molecule has 1 aliphatic heterocycles. The third kappa shape index (κ3) is 4.78. The van der Waals surface area contributed by atoms with Crippen LogP contribution in [-0.2, 0) is 0 Å². The fourth-order valence-corrected chi connectivity index (χ4v) is 3.24. The monoisotopic (exact) mass is 357 g/mol. The van der Waals surface area contributed by atoms with Crippen molar-refractivity contribution in [1.29, 1.82) is 0 Å². The van der Waals surface area contributed by atoms with Gasteiger partial charge >= 0.3 is 0 Å². The maximum atomic E-state index is 13.7. The number of amides is 1. The van der Waals surface area contributed by atoms with E-state index in [1.165, 1.54) is 37.9 Å². The number of carbonyl (C=O) groups is 1. The van der Waals surface area contributed by atoms with Crippen LogP contribution in [-0.4, -0.2) is 31.6 Å². The van der Waals surface area contributed by atoms with E-state index in [0.717, 1.165) is 19.0 Å². The summed E-state index contributed by atoms with van der Waals surface area (Å²) in [5, 5.41) is 2.81. The van der Waals surface area contributed by atoms with E-state index in [1.807, 2.05) is 0 Å². The van der Waals surface area contributed by atoms with Gasteiger partial charge in [-0.05, 0) is 44.4 Å². The van der Waals surface area contributed by atoms with Gasteiger partial charge in [-0.25, -0.2) is 4.39 Å². The molecule has 0 saturated carbocycles. The summed E-state index contributed by atoms with van der Waals surface area (Å²) in [5.74, 6) is -0.821. The second kappa shape index (κ2) is 7.90. The molecule has 1 unspecified atom stereocenters. The van der Waals surface area contributed by atoms with Gasteiger partial charge in [0.1, 0.15) is 5.82 Å². The lowest BCUT2D eigenvalue weighted by Gasteiger charge is -2.30. The molecule has 1 aromatic carbocycles. The third-order valence-electron chi connectivity index (χ3n) is 4.22. The molecule has 0 aromatic heterocycles. The third-order valence-corrected chi connectivity index (χ3v) is 4.71. The summed E-state index contributed by atoms with van der Waals surface area (Å²) in [4.78, 5) is 13.5. The van der Waals surface area contributed by atoms with E-state index in [-0.39, 0.29) is 11.5 Å². The zero-order chi connectivity index (χ0) is 15.2. The number of hydrogen-bond donors (Lipinski definition) is 2. The highest BCUT2D eigenvalue weighted by atomic mass is 79.9. The predicted octanol–water partition coefficient (Wildman–Crippen LogP) is 2.17. The average Bonchev–Trinajstić information content (AvgIpc) is 2.45. The standard InChI is InChI=1S/C16H22BrFN2O/c1-12-5-2-3-9-20(12)10-4-8-19-16(21)14-7-6-13(17)11-15(14)18/h6-7,11-12H,2-5,8-10H2,1H3,(H,19,21)/p+1/t12-/m1/s1. The number of carbonyl (C=O) groups excluding carboxylic acids is 1. The predicted molar refractivity (Wildman–Crippen MR) is 85.1 cm³/mol. The molecule has 2 atom stereocenters. The second-order valence-corrected chi connectivity index (χ2v) is 6.70. The Hall–Kier alpha value is -0.940. The van der Waals surface area contributed by atoms with Crippen molar-refractivity contribution in [2.75, 3.05) is 19.6 Å². The highest BCUT2D eigenvalue weighted by molar-refractivity contribution is 9.10. The Labute approximate surface area is 134 Å². The molecule has 0 bridgehead atoms. The number of halogens is 2. The molecule has 0 aliphatic carbocycles. The Bertz CT molecular complexity index is 495. The lowest BCUT2D eigenvalue weighted by molar-refractivity contribution is -0.928. The molecule has 1 fully saturated rings. The Balaban J connectivity index is 1.74. The van der Waals surface area contributed by atoms with Gasteiger partial charge in [0.2, 0.25) is 0 Å². The topological polar surface area (TPSA) is 33.5 Å². The normalized spacial score (nSPS) is 22.0. The van der Waals surface area contributed by atoms with E-state index in [4.69, 9.17) is 0 Å². The van der Waals surface area contributed by atoms with E-state index in [1.54, 1.807) is 11.0 Å². The van der Waals surface area contributed by atoms with E-state index in [2.05, 4.69) is 28.2 Å². The first-order valence-electron chi connectivity index (χ1n) is 7.66. The van der Waals surface area contributed by atoms with Crippen LogP contribution in [0, 0.1) is 5.82 Å². The number of hydrogen-bond acceptors (Lipinski definition) is 1. The van der Waals surface area contributed by atoms with Crippen LogP contribution in [0.15, 0.2) is 22.7 Å². The van der Waals surface area contributed by atoms with E-state index < -0.39 is 5.82 Å². The maximum absolute atomic E-state index is 13.7. The molecule has 1 amide bonds. The SMILES string of the molecule is C[C@@H]1CCCC[NH+]1CCCNC(=O)c1ccc(Br)cc1F. The molecule has 0 radical (unpaired) electrons. The van der Waals surface area contributed by atoms with Crippen LogP contribution in [0.2, 0.25) is 0 Å². The van der Waals surface area contributed by atoms with E-state index in [0.29, 0.717) is 11.0 Å². The summed E-state index contributed by atoms with van der Waals surface area (Å²) in [5.41, 5.74) is 0.108. The van der Waals surface area contributed by atoms with Gasteiger partial charge in [0.25, 0.3) is 5.91 Å². The van der Waals surface area contributed by atoms with Crippen LogP contribution in [0.4, 0.5) is 4.39 Å². The summed E-state index contributed by atoms with van der Waals surface area (Å²) in [6.07, 6.45) is 4.87. The van der Waals surface area contributed by atoms with Gasteiger partial charge < -0.3 is 10.2 Å². The number of nitrogens with one attached hydrogen (secondary N) is 2. The van der Waals surface area contributed by atoms with Crippen molar-refractivity contribution in [1.82, 2.24) is 5.32 Å². The van der Waals surface area contributed by atoms with Gasteiger partial charge in [-0.1, -0.05) is 15.9 Å². The van der Waals surface area contributed by atoms with Crippen LogP contribution in [0.25, 0.3) is 0 Å². The van der Waals surface area contributed by atoms with Gasteiger partial charge in [0, 0.05) is 17.4 Å². The van der Waals surface area contributed by atoms with Crippen molar-refractivity contribution in [2.45, 2.75) is 38.6 Å². The quantitative estimate of drug-likeness (QED) is 0.778. The summed E-state index contributed by atoms with van der Waals surface area (Å²) in [6, 6.07) is 5.22. The largest absolute Gasteiger partial charge is 0.352 e. The van der Waals surface area contributed by atoms with Gasteiger partial charge in [0.05, 0.1) is 24.7 Å². The Kier molecular flexibility index (Phi) is 6.18. The minimum absolute atomic E-state index is 0.108. The summed E-state index contributed by atoms with van der Waals surface area (Å²) >= 11 is 3.18. The molecule has 116 valence electrons. The van der Waals surface area contributed by atoms with Crippen LogP contribution in [0.1, 0.15) is 43.0 Å². The fraction of sp³-hybridized carbons (Fsp3) is 0.562. The van der Waals surface area contributed by atoms with Crippen molar-refractivity contribution < 1.29 is 14.1 Å². The number of likely N-dealkylation sites (tertiary alicyclic amines) is 1. The molecular formula is C16H23BrFN2O+. The molecule has 2 rings (SSSR count). The number of quaternary nitrogens is 1. The van der Waals surface area contributed by atoms with Crippen molar-refractivity contribution in [3.63, 3.8) is 0 Å². The lowest BCUT2D eigenvalue weighted by Crippen LogP contribution is -3.16. The zero-order valence-corrected chi connectivity index (χ0v) is 14.0. The van der Waals surface area contributed by atoms with Crippen molar-refractivity contribution in [2.24, 2.45) is 0 Å². The van der Waals surface area contributed by atoms with Crippen molar-refractivity contribution in [3.05, 3.63) is 34.1 Å². The minimum Gasteiger partial charge on any atom is -0.352 e. The van der Waals surface area contributed by atoms with E-state index >= 15 is 0 Å². The molecule has 5 heteroatoms. The number of benzene rings is 1. The molecule has 1 aromatic rings. The van der Waals surface area contributed by atoms with Crippen LogP contribution in [0.5, 0.6) is 0 Å². The first-order chi connectivity index (χ1) is 10.1. The molecule has 2 N–H and O–H groups in total. The van der Waals surface area contributed by atoms with Crippen molar-refractivity contribution in [3.8, 4) is 0 Å². The van der Waals surface area contributed by atoms with Crippen LogP contribution >= 0.6 is 15.9 Å². The smallest absolute Gasteiger partial charge is 0.254 e. The molecule has 3 nitrogen and oxygen atoms in total. The van der Waals surface area contributed by atoms with Gasteiger partial charge in [-0.3, -0.25) is 4.79 Å². The molecule has 1 aliphatic rings. The maximum Gasteiger partial charge on any atom is 0.254 e. The molecule has 21 heavy (non-hydrogen) atoms. The summed E-state index contributed by atoms with van der Waals surface area (Å²) in [7, 11) is 0. The van der Waals surface area contributed by atoms with Crippen LogP contribution < -0.4 is 10.2 Å². The Morgan fingerprint density at radius 1 is 1.48 bits per heavy atom. The highest BCUT2D eigenvalue weighted by Crippen LogP contribution is 2.15. The first kappa shape index (κ1) is 16.4. The summed E-state index contributed by atoms with van der Waals surface area (Å²) in [6.45, 7) is 5.20. The van der Waals surface area contributed by atoms with Gasteiger partial charge in [-0.15, -0.1) is 0 Å². The second-order valence-electron chi connectivity index (χ2n) is 5.79. The molecule has 0 spiro atoms. The van der Waals surface area contributed by atoms with Crippen molar-refractivity contribution >= 4 is 21.8 Å². The lowest BCUT2D eigenvalue weighted by atomic mass is 10.0. The Morgan fingerprint density at radius 2 is 2.29 bits per heavy atom. The van der Waals surface area contributed by atoms with Gasteiger partial charge in [-0.2, -0.15) is 0 Å². The first-order valence-corrected chi connectivity index (χ1v) is 8.45. The van der Waals surface area contributed by atoms with Gasteiger partial charge in [0.15, 0.2) is 0 Å². The molecule has 1 heterocycles. The average molecular weight is 358 g/mol. The minimum atomic E-state index is -0.489. The number of rotatable bonds is 5. The summed E-state index contributed by atoms with van der Waals surface area (Å²) < 4.78 is 14.3. The molecular weight excluding hydrogens is 335 g/mol.